The number of methoxy groups -OCH3 is 2. The van der Waals surface area contributed by atoms with Gasteiger partial charge in [-0.2, -0.15) is 0 Å². The topological polar surface area (TPSA) is 30.5 Å². The highest BCUT2D eigenvalue weighted by Crippen LogP contribution is 2.27. The third-order valence-electron chi connectivity index (χ3n) is 2.77. The number of ether oxygens (including phenoxy) is 2. The van der Waals surface area contributed by atoms with Crippen LogP contribution in [0.3, 0.4) is 0 Å². The van der Waals surface area contributed by atoms with E-state index in [0.717, 1.165) is 29.3 Å². The van der Waals surface area contributed by atoms with Crippen LogP contribution in [0.5, 0.6) is 11.5 Å². The highest BCUT2D eigenvalue weighted by atomic mass is 127. The van der Waals surface area contributed by atoms with Crippen LogP contribution in [0.4, 0.5) is 5.69 Å². The minimum absolute atomic E-state index is 0.750. The maximum Gasteiger partial charge on any atom is 0.161 e. The maximum atomic E-state index is 5.29. The first kappa shape index (κ1) is 14.0. The standard InChI is InChI=1S/C15H16INO2/c1-18-14-7-6-11(8-15(14)19-2)10-17-13-5-3-4-12(16)9-13/h3-9,17H,10H2,1-2H3. The molecule has 0 aromatic heterocycles. The summed E-state index contributed by atoms with van der Waals surface area (Å²) >= 11 is 2.30. The number of anilines is 1. The molecule has 2 rings (SSSR count). The molecule has 0 aliphatic rings. The van der Waals surface area contributed by atoms with Crippen LogP contribution in [-0.4, -0.2) is 14.2 Å². The lowest BCUT2D eigenvalue weighted by Crippen LogP contribution is -2.00. The summed E-state index contributed by atoms with van der Waals surface area (Å²) in [6.07, 6.45) is 0. The summed E-state index contributed by atoms with van der Waals surface area (Å²) in [7, 11) is 3.29. The summed E-state index contributed by atoms with van der Waals surface area (Å²) in [5.74, 6) is 1.50. The number of nitrogens with one attached hydrogen (secondary N) is 1. The van der Waals surface area contributed by atoms with E-state index >= 15 is 0 Å². The second kappa shape index (κ2) is 6.65. The average molecular weight is 369 g/mol. The lowest BCUT2D eigenvalue weighted by atomic mass is 10.2. The van der Waals surface area contributed by atoms with Crippen LogP contribution in [0.2, 0.25) is 0 Å². The van der Waals surface area contributed by atoms with Crippen LogP contribution in [-0.2, 0) is 6.54 Å². The van der Waals surface area contributed by atoms with E-state index in [2.05, 4.69) is 46.1 Å². The number of benzene rings is 2. The summed E-state index contributed by atoms with van der Waals surface area (Å²) < 4.78 is 11.7. The van der Waals surface area contributed by atoms with Gasteiger partial charge in [0.25, 0.3) is 0 Å². The molecule has 0 saturated carbocycles. The Labute approximate surface area is 127 Å². The van der Waals surface area contributed by atoms with Crippen molar-refractivity contribution in [2.75, 3.05) is 19.5 Å². The van der Waals surface area contributed by atoms with Gasteiger partial charge < -0.3 is 14.8 Å². The SMILES string of the molecule is COc1ccc(CNc2cccc(I)c2)cc1OC. The molecule has 100 valence electrons. The molecule has 0 unspecified atom stereocenters. The maximum absolute atomic E-state index is 5.29. The number of hydrogen-bond acceptors (Lipinski definition) is 3. The van der Waals surface area contributed by atoms with Gasteiger partial charge in [-0.05, 0) is 58.5 Å². The molecule has 0 aliphatic heterocycles. The molecule has 2 aromatic rings. The number of halogens is 1. The molecule has 0 radical (unpaired) electrons. The van der Waals surface area contributed by atoms with Gasteiger partial charge in [-0.25, -0.2) is 0 Å². The van der Waals surface area contributed by atoms with Crippen LogP contribution >= 0.6 is 22.6 Å². The van der Waals surface area contributed by atoms with Crippen molar-refractivity contribution in [1.29, 1.82) is 0 Å². The molecule has 0 aliphatic carbocycles. The Balaban J connectivity index is 2.07. The zero-order chi connectivity index (χ0) is 13.7. The van der Waals surface area contributed by atoms with Crippen LogP contribution in [0.15, 0.2) is 42.5 Å². The van der Waals surface area contributed by atoms with E-state index in [0.29, 0.717) is 0 Å². The lowest BCUT2D eigenvalue weighted by Gasteiger charge is -2.11. The molecule has 0 saturated heterocycles. The zero-order valence-electron chi connectivity index (χ0n) is 10.9. The van der Waals surface area contributed by atoms with Gasteiger partial charge in [0.05, 0.1) is 14.2 Å². The largest absolute Gasteiger partial charge is 0.493 e. The molecular formula is C15H16INO2. The van der Waals surface area contributed by atoms with Crippen LogP contribution in [0, 0.1) is 3.57 Å². The van der Waals surface area contributed by atoms with Crippen molar-refractivity contribution >= 4 is 28.3 Å². The molecule has 4 heteroatoms. The first-order valence-electron chi connectivity index (χ1n) is 5.93. The molecule has 2 aromatic carbocycles. The van der Waals surface area contributed by atoms with Crippen molar-refractivity contribution in [2.45, 2.75) is 6.54 Å². The van der Waals surface area contributed by atoms with Crippen molar-refractivity contribution in [3.05, 3.63) is 51.6 Å². The summed E-state index contributed by atoms with van der Waals surface area (Å²) in [6, 6.07) is 14.2. The monoisotopic (exact) mass is 369 g/mol. The van der Waals surface area contributed by atoms with E-state index in [-0.39, 0.29) is 0 Å². The highest BCUT2D eigenvalue weighted by Gasteiger charge is 2.04. The van der Waals surface area contributed by atoms with Gasteiger partial charge in [-0.15, -0.1) is 0 Å². The van der Waals surface area contributed by atoms with Crippen molar-refractivity contribution in [3.8, 4) is 11.5 Å². The van der Waals surface area contributed by atoms with Crippen LogP contribution in [0.25, 0.3) is 0 Å². The molecular weight excluding hydrogens is 353 g/mol. The molecule has 0 atom stereocenters. The first-order valence-corrected chi connectivity index (χ1v) is 7.01. The Hall–Kier alpha value is -1.43. The predicted octanol–water partition coefficient (Wildman–Crippen LogP) is 3.92. The fraction of sp³-hybridized carbons (Fsp3) is 0.200. The predicted molar refractivity (Wildman–Crippen MR) is 86.0 cm³/mol. The van der Waals surface area contributed by atoms with Gasteiger partial charge in [-0.1, -0.05) is 12.1 Å². The molecule has 19 heavy (non-hydrogen) atoms. The van der Waals surface area contributed by atoms with Crippen LogP contribution in [0.1, 0.15) is 5.56 Å². The van der Waals surface area contributed by atoms with E-state index in [4.69, 9.17) is 9.47 Å². The van der Waals surface area contributed by atoms with E-state index in [9.17, 15) is 0 Å². The van der Waals surface area contributed by atoms with E-state index < -0.39 is 0 Å². The Morgan fingerprint density at radius 1 is 1.00 bits per heavy atom. The fourth-order valence-electron chi connectivity index (χ4n) is 1.79. The zero-order valence-corrected chi connectivity index (χ0v) is 13.1. The van der Waals surface area contributed by atoms with Gasteiger partial charge in [0.15, 0.2) is 11.5 Å². The van der Waals surface area contributed by atoms with E-state index in [1.165, 1.54) is 3.57 Å². The molecule has 0 bridgehead atoms. The minimum Gasteiger partial charge on any atom is -0.493 e. The van der Waals surface area contributed by atoms with Gasteiger partial charge in [0.1, 0.15) is 0 Å². The van der Waals surface area contributed by atoms with Gasteiger partial charge in [0.2, 0.25) is 0 Å². The van der Waals surface area contributed by atoms with Crippen LogP contribution < -0.4 is 14.8 Å². The van der Waals surface area contributed by atoms with E-state index in [1.54, 1.807) is 14.2 Å². The Kier molecular flexibility index (Phi) is 4.90. The Morgan fingerprint density at radius 3 is 2.47 bits per heavy atom. The van der Waals surface area contributed by atoms with Gasteiger partial charge >= 0.3 is 0 Å². The molecule has 0 spiro atoms. The summed E-state index contributed by atoms with van der Waals surface area (Å²) in [6.45, 7) is 0.750. The summed E-state index contributed by atoms with van der Waals surface area (Å²) in [5.41, 5.74) is 2.26. The average Bonchev–Trinajstić information content (AvgIpc) is 2.45. The number of rotatable bonds is 5. The second-order valence-corrected chi connectivity index (χ2v) is 5.30. The molecule has 0 amide bonds. The van der Waals surface area contributed by atoms with Gasteiger partial charge in [-0.3, -0.25) is 0 Å². The smallest absolute Gasteiger partial charge is 0.161 e. The third-order valence-corrected chi connectivity index (χ3v) is 3.44. The fourth-order valence-corrected chi connectivity index (χ4v) is 2.34. The normalized spacial score (nSPS) is 10.1. The second-order valence-electron chi connectivity index (χ2n) is 4.05. The first-order chi connectivity index (χ1) is 9.22. The number of hydrogen-bond donors (Lipinski definition) is 1. The lowest BCUT2D eigenvalue weighted by molar-refractivity contribution is 0.354. The van der Waals surface area contributed by atoms with Crippen molar-refractivity contribution < 1.29 is 9.47 Å². The highest BCUT2D eigenvalue weighted by molar-refractivity contribution is 14.1. The van der Waals surface area contributed by atoms with Crippen molar-refractivity contribution in [3.63, 3.8) is 0 Å². The van der Waals surface area contributed by atoms with Crippen molar-refractivity contribution in [2.24, 2.45) is 0 Å². The molecule has 0 heterocycles. The summed E-state index contributed by atoms with van der Waals surface area (Å²) in [4.78, 5) is 0. The van der Waals surface area contributed by atoms with E-state index in [1.807, 2.05) is 24.3 Å². The summed E-state index contributed by atoms with van der Waals surface area (Å²) in [5, 5.41) is 3.39. The molecule has 0 fully saturated rings. The minimum atomic E-state index is 0.750. The Morgan fingerprint density at radius 2 is 1.79 bits per heavy atom. The van der Waals surface area contributed by atoms with Gasteiger partial charge in [0, 0.05) is 15.8 Å². The molecule has 3 nitrogen and oxygen atoms in total. The third kappa shape index (κ3) is 3.76. The van der Waals surface area contributed by atoms with Crippen molar-refractivity contribution in [1.82, 2.24) is 0 Å². The molecule has 1 N–H and O–H groups in total. The quantitative estimate of drug-likeness (QED) is 0.811. The Bertz CT molecular complexity index is 558.